The smallest absolute Gasteiger partial charge is 0.337 e. The Hall–Kier alpha value is -2.54. The van der Waals surface area contributed by atoms with Gasteiger partial charge in [0.1, 0.15) is 5.75 Å². The van der Waals surface area contributed by atoms with Gasteiger partial charge < -0.3 is 18.9 Å². The molecule has 0 spiro atoms. The molecule has 0 aliphatic carbocycles. The maximum absolute atomic E-state index is 12.1. The molecule has 0 radical (unpaired) electrons. The second-order valence-electron chi connectivity index (χ2n) is 5.30. The van der Waals surface area contributed by atoms with Crippen molar-refractivity contribution in [2.75, 3.05) is 21.3 Å². The van der Waals surface area contributed by atoms with Gasteiger partial charge in [-0.3, -0.25) is 4.79 Å². The minimum Gasteiger partial charge on any atom is -0.496 e. The van der Waals surface area contributed by atoms with Crippen LogP contribution >= 0.6 is 15.9 Å². The van der Waals surface area contributed by atoms with Gasteiger partial charge in [-0.05, 0) is 58.2 Å². The van der Waals surface area contributed by atoms with E-state index in [0.29, 0.717) is 12.0 Å². The average molecular weight is 423 g/mol. The van der Waals surface area contributed by atoms with Gasteiger partial charge in [-0.2, -0.15) is 0 Å². The number of ether oxygens (including phenoxy) is 4. The van der Waals surface area contributed by atoms with Crippen LogP contribution in [0.5, 0.6) is 17.2 Å². The number of aryl methyl sites for hydroxylation is 1. The molecule has 2 rings (SSSR count). The van der Waals surface area contributed by atoms with Crippen molar-refractivity contribution in [2.24, 2.45) is 0 Å². The molecule has 0 atom stereocenters. The van der Waals surface area contributed by atoms with Crippen LogP contribution in [-0.4, -0.2) is 33.3 Å². The van der Waals surface area contributed by atoms with E-state index in [0.717, 1.165) is 15.8 Å². The predicted octanol–water partition coefficient (Wildman–Crippen LogP) is 3.79. The first-order valence-corrected chi connectivity index (χ1v) is 8.57. The van der Waals surface area contributed by atoms with Crippen molar-refractivity contribution in [3.63, 3.8) is 0 Å². The zero-order chi connectivity index (χ0) is 19.1. The summed E-state index contributed by atoms with van der Waals surface area (Å²) < 4.78 is 21.2. The van der Waals surface area contributed by atoms with Gasteiger partial charge in [0.05, 0.1) is 31.4 Å². The molecule has 0 aliphatic heterocycles. The second-order valence-corrected chi connectivity index (χ2v) is 6.15. The maximum atomic E-state index is 12.1. The van der Waals surface area contributed by atoms with E-state index in [-0.39, 0.29) is 17.9 Å². The van der Waals surface area contributed by atoms with Crippen molar-refractivity contribution >= 4 is 27.9 Å². The van der Waals surface area contributed by atoms with E-state index in [2.05, 4.69) is 20.7 Å². The molecule has 138 valence electrons. The van der Waals surface area contributed by atoms with Crippen LogP contribution in [0.15, 0.2) is 40.9 Å². The third-order valence-electron chi connectivity index (χ3n) is 3.64. The van der Waals surface area contributed by atoms with Gasteiger partial charge in [-0.25, -0.2) is 4.79 Å². The lowest BCUT2D eigenvalue weighted by molar-refractivity contribution is -0.134. The predicted molar refractivity (Wildman–Crippen MR) is 99.0 cm³/mol. The standard InChI is InChI=1S/C19H19BrO6/c1-23-15-7-4-12(10-14(15)20)5-9-18(21)26-16-8-6-13(19(22)25-3)11-17(16)24-2/h4,6-8,10-11H,5,9H2,1-3H3. The molecule has 0 aliphatic rings. The van der Waals surface area contributed by atoms with Crippen LogP contribution < -0.4 is 14.2 Å². The first kappa shape index (κ1) is 19.8. The Morgan fingerprint density at radius 3 is 2.23 bits per heavy atom. The van der Waals surface area contributed by atoms with Gasteiger partial charge in [0, 0.05) is 6.42 Å². The first-order valence-electron chi connectivity index (χ1n) is 7.78. The van der Waals surface area contributed by atoms with Crippen LogP contribution in [0.25, 0.3) is 0 Å². The fraction of sp³-hybridized carbons (Fsp3) is 0.263. The summed E-state index contributed by atoms with van der Waals surface area (Å²) in [5.41, 5.74) is 1.29. The molecule has 0 heterocycles. The van der Waals surface area contributed by atoms with E-state index >= 15 is 0 Å². The number of halogens is 1. The highest BCUT2D eigenvalue weighted by Crippen LogP contribution is 2.29. The molecule has 6 nitrogen and oxygen atoms in total. The Balaban J connectivity index is 2.01. The number of hydrogen-bond donors (Lipinski definition) is 0. The topological polar surface area (TPSA) is 71.1 Å². The average Bonchev–Trinajstić information content (AvgIpc) is 2.66. The lowest BCUT2D eigenvalue weighted by atomic mass is 10.1. The zero-order valence-corrected chi connectivity index (χ0v) is 16.3. The summed E-state index contributed by atoms with van der Waals surface area (Å²) in [6, 6.07) is 10.1. The van der Waals surface area contributed by atoms with Gasteiger partial charge >= 0.3 is 11.9 Å². The molecular formula is C19H19BrO6. The Kier molecular flexibility index (Phi) is 7.03. The molecule has 0 saturated heterocycles. The molecule has 0 N–H and O–H groups in total. The number of rotatable bonds is 7. The molecule has 0 unspecified atom stereocenters. The van der Waals surface area contributed by atoms with Gasteiger partial charge in [0.15, 0.2) is 11.5 Å². The van der Waals surface area contributed by atoms with Crippen molar-refractivity contribution in [1.29, 1.82) is 0 Å². The largest absolute Gasteiger partial charge is 0.496 e. The quantitative estimate of drug-likeness (QED) is 0.499. The summed E-state index contributed by atoms with van der Waals surface area (Å²) in [5.74, 6) is 0.369. The van der Waals surface area contributed by atoms with Crippen molar-refractivity contribution in [1.82, 2.24) is 0 Å². The highest BCUT2D eigenvalue weighted by atomic mass is 79.9. The summed E-state index contributed by atoms with van der Waals surface area (Å²) in [7, 11) is 4.32. The summed E-state index contributed by atoms with van der Waals surface area (Å²) in [6.07, 6.45) is 0.713. The molecule has 2 aromatic carbocycles. The molecule has 2 aromatic rings. The molecule has 26 heavy (non-hydrogen) atoms. The number of hydrogen-bond acceptors (Lipinski definition) is 6. The molecule has 7 heteroatoms. The highest BCUT2D eigenvalue weighted by Gasteiger charge is 2.14. The molecule has 0 bridgehead atoms. The van der Waals surface area contributed by atoms with Crippen LogP contribution in [0, 0.1) is 0 Å². The Labute approximate surface area is 160 Å². The van der Waals surface area contributed by atoms with E-state index in [1.165, 1.54) is 32.4 Å². The van der Waals surface area contributed by atoms with Crippen molar-refractivity contribution in [3.8, 4) is 17.2 Å². The van der Waals surface area contributed by atoms with E-state index < -0.39 is 11.9 Å². The summed E-state index contributed by atoms with van der Waals surface area (Å²) >= 11 is 3.42. The third kappa shape index (κ3) is 4.98. The van der Waals surface area contributed by atoms with E-state index in [9.17, 15) is 9.59 Å². The Morgan fingerprint density at radius 1 is 0.923 bits per heavy atom. The van der Waals surface area contributed by atoms with E-state index in [1.54, 1.807) is 7.11 Å². The van der Waals surface area contributed by atoms with Crippen LogP contribution in [-0.2, 0) is 16.0 Å². The molecule has 0 aromatic heterocycles. The molecule has 0 amide bonds. The molecular weight excluding hydrogens is 404 g/mol. The van der Waals surface area contributed by atoms with Gasteiger partial charge in [0.25, 0.3) is 0 Å². The van der Waals surface area contributed by atoms with Crippen LogP contribution in [0.1, 0.15) is 22.3 Å². The van der Waals surface area contributed by atoms with Gasteiger partial charge in [-0.1, -0.05) is 6.07 Å². The van der Waals surface area contributed by atoms with Crippen LogP contribution in [0.4, 0.5) is 0 Å². The van der Waals surface area contributed by atoms with Gasteiger partial charge in [-0.15, -0.1) is 0 Å². The van der Waals surface area contributed by atoms with E-state index in [4.69, 9.17) is 14.2 Å². The number of esters is 2. The summed E-state index contributed by atoms with van der Waals surface area (Å²) in [6.45, 7) is 0. The van der Waals surface area contributed by atoms with Crippen LogP contribution in [0.2, 0.25) is 0 Å². The van der Waals surface area contributed by atoms with Crippen molar-refractivity contribution < 1.29 is 28.5 Å². The fourth-order valence-corrected chi connectivity index (χ4v) is 2.87. The summed E-state index contributed by atoms with van der Waals surface area (Å²) in [5, 5.41) is 0. The van der Waals surface area contributed by atoms with Crippen LogP contribution in [0.3, 0.4) is 0 Å². The fourth-order valence-electron chi connectivity index (χ4n) is 2.28. The number of benzene rings is 2. The minimum atomic E-state index is -0.494. The number of carbonyl (C=O) groups excluding carboxylic acids is 2. The first-order chi connectivity index (χ1) is 12.5. The minimum absolute atomic E-state index is 0.195. The summed E-state index contributed by atoms with van der Waals surface area (Å²) in [4.78, 5) is 23.7. The normalized spacial score (nSPS) is 10.2. The lowest BCUT2D eigenvalue weighted by Crippen LogP contribution is -2.10. The number of methoxy groups -OCH3 is 3. The van der Waals surface area contributed by atoms with Crippen molar-refractivity contribution in [2.45, 2.75) is 12.8 Å². The highest BCUT2D eigenvalue weighted by molar-refractivity contribution is 9.10. The zero-order valence-electron chi connectivity index (χ0n) is 14.7. The van der Waals surface area contributed by atoms with Crippen molar-refractivity contribution in [3.05, 3.63) is 52.0 Å². The second kappa shape index (κ2) is 9.24. The SMILES string of the molecule is COC(=O)c1ccc(OC(=O)CCc2ccc(OC)c(Br)c2)c(OC)c1. The van der Waals surface area contributed by atoms with E-state index in [1.807, 2.05) is 18.2 Å². The third-order valence-corrected chi connectivity index (χ3v) is 4.26. The Bertz CT molecular complexity index is 803. The molecule has 0 saturated carbocycles. The lowest BCUT2D eigenvalue weighted by Gasteiger charge is -2.11. The monoisotopic (exact) mass is 422 g/mol. The molecule has 0 fully saturated rings. The number of carbonyl (C=O) groups is 2. The van der Waals surface area contributed by atoms with Gasteiger partial charge in [0.2, 0.25) is 0 Å². The maximum Gasteiger partial charge on any atom is 0.337 e. The Morgan fingerprint density at radius 2 is 1.62 bits per heavy atom.